The lowest BCUT2D eigenvalue weighted by atomic mass is 9.75. The van der Waals surface area contributed by atoms with Crippen LogP contribution in [0.4, 0.5) is 0 Å². The summed E-state index contributed by atoms with van der Waals surface area (Å²) in [5.41, 5.74) is 5.76. The molecule has 2 aromatic carbocycles. The van der Waals surface area contributed by atoms with Crippen molar-refractivity contribution >= 4 is 34.8 Å². The lowest BCUT2D eigenvalue weighted by Gasteiger charge is -2.32. The van der Waals surface area contributed by atoms with E-state index in [-0.39, 0.29) is 11.4 Å². The highest BCUT2D eigenvalue weighted by Crippen LogP contribution is 2.44. The van der Waals surface area contributed by atoms with Crippen LogP contribution in [-0.4, -0.2) is 18.3 Å². The summed E-state index contributed by atoms with van der Waals surface area (Å²) in [5.74, 6) is -0.310. The van der Waals surface area contributed by atoms with Crippen LogP contribution in [0.25, 0.3) is 17.1 Å². The summed E-state index contributed by atoms with van der Waals surface area (Å²) in [6.45, 7) is 9.12. The molecule has 0 atom stereocenters. The molecule has 0 heterocycles. The van der Waals surface area contributed by atoms with E-state index in [0.717, 1.165) is 12.0 Å². The molecule has 0 spiro atoms. The molecule has 0 N–H and O–H groups in total. The molecule has 0 unspecified atom stereocenters. The van der Waals surface area contributed by atoms with Gasteiger partial charge in [0.25, 0.3) is 0 Å². The normalized spacial score (nSPS) is 15.4. The Morgan fingerprint density at radius 1 is 1.07 bits per heavy atom. The fraction of sp³-hybridized carbons (Fsp3) is 0.320. The second-order valence-corrected chi connectivity index (χ2v) is 9.69. The van der Waals surface area contributed by atoms with Crippen molar-refractivity contribution in [2.75, 3.05) is 7.11 Å². The van der Waals surface area contributed by atoms with E-state index in [9.17, 15) is 4.79 Å². The smallest absolute Gasteiger partial charge is 0.337 e. The number of carbonyl (C=O) groups is 1. The van der Waals surface area contributed by atoms with Gasteiger partial charge in [0, 0.05) is 10.2 Å². The predicted octanol–water partition coefficient (Wildman–Crippen LogP) is 6.81. The number of rotatable bonds is 5. The summed E-state index contributed by atoms with van der Waals surface area (Å²) >= 11 is 1.94. The van der Waals surface area contributed by atoms with Gasteiger partial charge in [-0.2, -0.15) is 0 Å². The first-order valence-electron chi connectivity index (χ1n) is 9.68. The van der Waals surface area contributed by atoms with Gasteiger partial charge in [0.2, 0.25) is 0 Å². The number of hydrogen-bond acceptors (Lipinski definition) is 3. The largest absolute Gasteiger partial charge is 0.465 e. The fourth-order valence-electron chi connectivity index (χ4n) is 3.43. The lowest BCUT2D eigenvalue weighted by Crippen LogP contribution is -2.21. The molecule has 0 fully saturated rings. The van der Waals surface area contributed by atoms with E-state index in [1.807, 2.05) is 23.9 Å². The minimum Gasteiger partial charge on any atom is -0.465 e. The van der Waals surface area contributed by atoms with Gasteiger partial charge in [-0.15, -0.1) is 11.8 Å². The van der Waals surface area contributed by atoms with Gasteiger partial charge in [-0.3, -0.25) is 0 Å². The summed E-state index contributed by atoms with van der Waals surface area (Å²) in [5, 5.41) is 0.563. The molecular formula is C25H28O2S. The molecule has 0 amide bonds. The number of benzene rings is 2. The predicted molar refractivity (Wildman–Crippen MR) is 121 cm³/mol. The third-order valence-electron chi connectivity index (χ3n) is 5.00. The van der Waals surface area contributed by atoms with Crippen LogP contribution in [0.2, 0.25) is 0 Å². The van der Waals surface area contributed by atoms with Crippen molar-refractivity contribution in [3.63, 3.8) is 0 Å². The molecule has 0 aliphatic heterocycles. The SMILES string of the molecule is COC(=O)c1ccc(/C=C/c2ccc3c(c2)C(SC(C)C)=CCC3(C)C)cc1. The highest BCUT2D eigenvalue weighted by atomic mass is 32.2. The Hall–Kier alpha value is -2.26. The Kier molecular flexibility index (Phi) is 6.14. The number of ether oxygens (including phenoxy) is 1. The first-order chi connectivity index (χ1) is 13.3. The molecule has 2 aromatic rings. The van der Waals surface area contributed by atoms with Crippen molar-refractivity contribution in [3.8, 4) is 0 Å². The average Bonchev–Trinajstić information content (AvgIpc) is 2.68. The highest BCUT2D eigenvalue weighted by Gasteiger charge is 2.28. The van der Waals surface area contributed by atoms with E-state index in [4.69, 9.17) is 4.74 Å². The van der Waals surface area contributed by atoms with Crippen LogP contribution >= 0.6 is 11.8 Å². The zero-order valence-corrected chi connectivity index (χ0v) is 18.1. The number of esters is 1. The Labute approximate surface area is 172 Å². The van der Waals surface area contributed by atoms with Crippen LogP contribution in [0.5, 0.6) is 0 Å². The number of methoxy groups -OCH3 is 1. The maximum absolute atomic E-state index is 11.6. The number of thioether (sulfide) groups is 1. The first-order valence-corrected chi connectivity index (χ1v) is 10.6. The molecule has 146 valence electrons. The van der Waals surface area contributed by atoms with Gasteiger partial charge < -0.3 is 4.74 Å². The molecule has 0 radical (unpaired) electrons. The number of fused-ring (bicyclic) bond motifs is 1. The van der Waals surface area contributed by atoms with Gasteiger partial charge in [-0.1, -0.05) is 70.2 Å². The molecule has 1 aliphatic carbocycles. The third kappa shape index (κ3) is 4.59. The second kappa shape index (κ2) is 8.40. The second-order valence-electron chi connectivity index (χ2n) is 8.07. The molecule has 1 aliphatic rings. The van der Waals surface area contributed by atoms with Crippen LogP contribution in [-0.2, 0) is 10.2 Å². The Balaban J connectivity index is 1.87. The third-order valence-corrected chi connectivity index (χ3v) is 6.11. The van der Waals surface area contributed by atoms with E-state index in [1.54, 1.807) is 12.1 Å². The molecule has 2 nitrogen and oxygen atoms in total. The number of hydrogen-bond donors (Lipinski definition) is 0. The topological polar surface area (TPSA) is 26.3 Å². The fourth-order valence-corrected chi connectivity index (χ4v) is 4.42. The van der Waals surface area contributed by atoms with Crippen molar-refractivity contribution < 1.29 is 9.53 Å². The summed E-state index contributed by atoms with van der Waals surface area (Å²) in [4.78, 5) is 12.9. The summed E-state index contributed by atoms with van der Waals surface area (Å²) in [6.07, 6.45) is 7.69. The Morgan fingerprint density at radius 3 is 2.36 bits per heavy atom. The average molecular weight is 393 g/mol. The van der Waals surface area contributed by atoms with Crippen LogP contribution in [0.15, 0.2) is 48.5 Å². The molecule has 0 saturated carbocycles. The van der Waals surface area contributed by atoms with Gasteiger partial charge in [-0.05, 0) is 52.3 Å². The van der Waals surface area contributed by atoms with E-state index in [1.165, 1.54) is 28.7 Å². The molecule has 0 bridgehead atoms. The van der Waals surface area contributed by atoms with E-state index in [2.05, 4.69) is 64.1 Å². The van der Waals surface area contributed by atoms with Crippen molar-refractivity contribution in [1.82, 2.24) is 0 Å². The number of carbonyl (C=O) groups excluding carboxylic acids is 1. The minimum atomic E-state index is -0.310. The maximum atomic E-state index is 11.6. The van der Waals surface area contributed by atoms with Crippen molar-refractivity contribution in [1.29, 1.82) is 0 Å². The summed E-state index contributed by atoms with van der Waals surface area (Å²) in [6, 6.07) is 14.2. The van der Waals surface area contributed by atoms with Crippen LogP contribution in [0, 0.1) is 0 Å². The zero-order valence-electron chi connectivity index (χ0n) is 17.3. The summed E-state index contributed by atoms with van der Waals surface area (Å²) < 4.78 is 4.75. The Bertz CT molecular complexity index is 918. The molecule has 0 aromatic heterocycles. The number of allylic oxidation sites excluding steroid dienone is 1. The zero-order chi connectivity index (χ0) is 20.3. The van der Waals surface area contributed by atoms with Gasteiger partial charge in [0.1, 0.15) is 0 Å². The van der Waals surface area contributed by atoms with Gasteiger partial charge in [-0.25, -0.2) is 4.79 Å². The van der Waals surface area contributed by atoms with E-state index < -0.39 is 0 Å². The molecule has 0 saturated heterocycles. The lowest BCUT2D eigenvalue weighted by molar-refractivity contribution is 0.0600. The van der Waals surface area contributed by atoms with Gasteiger partial charge in [0.15, 0.2) is 0 Å². The van der Waals surface area contributed by atoms with Crippen molar-refractivity contribution in [3.05, 3.63) is 76.4 Å². The van der Waals surface area contributed by atoms with Crippen LogP contribution < -0.4 is 0 Å². The van der Waals surface area contributed by atoms with Crippen molar-refractivity contribution in [2.45, 2.75) is 44.8 Å². The monoisotopic (exact) mass is 392 g/mol. The van der Waals surface area contributed by atoms with E-state index in [0.29, 0.717) is 10.8 Å². The maximum Gasteiger partial charge on any atom is 0.337 e. The Morgan fingerprint density at radius 2 is 1.71 bits per heavy atom. The quantitative estimate of drug-likeness (QED) is 0.413. The molecule has 3 rings (SSSR count). The standard InChI is InChI=1S/C25H28O2S/c1-17(2)28-23-14-15-25(3,4)22-13-10-19(16-21(22)23)7-6-18-8-11-20(12-9-18)24(26)27-5/h6-14,16-17H,15H2,1-5H3/b7-6+. The molecular weight excluding hydrogens is 364 g/mol. The minimum absolute atomic E-state index is 0.169. The van der Waals surface area contributed by atoms with Crippen molar-refractivity contribution in [2.24, 2.45) is 0 Å². The van der Waals surface area contributed by atoms with E-state index >= 15 is 0 Å². The molecule has 28 heavy (non-hydrogen) atoms. The van der Waals surface area contributed by atoms with Crippen LogP contribution in [0.3, 0.4) is 0 Å². The molecule has 3 heteroatoms. The van der Waals surface area contributed by atoms with Gasteiger partial charge in [0.05, 0.1) is 12.7 Å². The summed E-state index contributed by atoms with van der Waals surface area (Å²) in [7, 11) is 1.40. The first kappa shape index (κ1) is 20.5. The highest BCUT2D eigenvalue weighted by molar-refractivity contribution is 8.08. The van der Waals surface area contributed by atoms with Crippen LogP contribution in [0.1, 0.15) is 66.7 Å². The van der Waals surface area contributed by atoms with Gasteiger partial charge >= 0.3 is 5.97 Å².